The zero-order chi connectivity index (χ0) is 16.8. The molecular weight excluding hydrogens is 312 g/mol. The summed E-state index contributed by atoms with van der Waals surface area (Å²) in [6, 6.07) is 11.2. The van der Waals surface area contributed by atoms with E-state index in [9.17, 15) is 4.79 Å². The van der Waals surface area contributed by atoms with Crippen molar-refractivity contribution in [2.45, 2.75) is 20.8 Å². The SMILES string of the molecule is Cc1ccc(C)c(OCC(=O)N/N=C/c2ccc(Cl)cc2)c1C. The summed E-state index contributed by atoms with van der Waals surface area (Å²) in [6.45, 7) is 5.87. The molecule has 0 fully saturated rings. The molecule has 0 aliphatic rings. The maximum Gasteiger partial charge on any atom is 0.277 e. The second-order valence-electron chi connectivity index (χ2n) is 5.29. The Hall–Kier alpha value is -2.33. The van der Waals surface area contributed by atoms with Crippen LogP contribution in [-0.2, 0) is 4.79 Å². The fourth-order valence-electron chi connectivity index (χ4n) is 2.05. The van der Waals surface area contributed by atoms with Gasteiger partial charge in [0.05, 0.1) is 6.21 Å². The summed E-state index contributed by atoms with van der Waals surface area (Å²) < 4.78 is 5.63. The molecule has 0 heterocycles. The van der Waals surface area contributed by atoms with Crippen LogP contribution >= 0.6 is 11.6 Å². The average Bonchev–Trinajstić information content (AvgIpc) is 2.53. The smallest absolute Gasteiger partial charge is 0.277 e. The molecule has 4 nitrogen and oxygen atoms in total. The van der Waals surface area contributed by atoms with Crippen LogP contribution in [0.1, 0.15) is 22.3 Å². The Morgan fingerprint density at radius 2 is 1.78 bits per heavy atom. The third-order valence-corrected chi connectivity index (χ3v) is 3.75. The van der Waals surface area contributed by atoms with Gasteiger partial charge in [0.25, 0.3) is 5.91 Å². The lowest BCUT2D eigenvalue weighted by molar-refractivity contribution is -0.123. The molecule has 0 saturated carbocycles. The van der Waals surface area contributed by atoms with E-state index in [1.807, 2.05) is 45.0 Å². The molecule has 120 valence electrons. The summed E-state index contributed by atoms with van der Waals surface area (Å²) in [5.74, 6) is 0.442. The molecule has 23 heavy (non-hydrogen) atoms. The van der Waals surface area contributed by atoms with E-state index in [2.05, 4.69) is 10.5 Å². The third kappa shape index (κ3) is 4.83. The van der Waals surface area contributed by atoms with Crippen LogP contribution in [0.5, 0.6) is 5.75 Å². The Balaban J connectivity index is 1.88. The molecule has 5 heteroatoms. The summed E-state index contributed by atoms with van der Waals surface area (Å²) in [7, 11) is 0. The lowest BCUT2D eigenvalue weighted by atomic mass is 10.1. The van der Waals surface area contributed by atoms with Crippen LogP contribution in [0.4, 0.5) is 0 Å². The van der Waals surface area contributed by atoms with Crippen LogP contribution in [0, 0.1) is 20.8 Å². The Kier molecular flexibility index (Phi) is 5.77. The van der Waals surface area contributed by atoms with E-state index >= 15 is 0 Å². The third-order valence-electron chi connectivity index (χ3n) is 3.49. The second-order valence-corrected chi connectivity index (χ2v) is 5.72. The van der Waals surface area contributed by atoms with Gasteiger partial charge in [-0.15, -0.1) is 0 Å². The molecule has 0 unspecified atom stereocenters. The molecule has 0 spiro atoms. The van der Waals surface area contributed by atoms with Crippen molar-refractivity contribution in [3.63, 3.8) is 0 Å². The summed E-state index contributed by atoms with van der Waals surface area (Å²) >= 11 is 5.80. The van der Waals surface area contributed by atoms with E-state index in [4.69, 9.17) is 16.3 Å². The number of nitrogens with zero attached hydrogens (tertiary/aromatic N) is 1. The van der Waals surface area contributed by atoms with Crippen molar-refractivity contribution in [2.75, 3.05) is 6.61 Å². The normalized spacial score (nSPS) is 10.8. The first-order valence-corrected chi connectivity index (χ1v) is 7.62. The van der Waals surface area contributed by atoms with Crippen molar-refractivity contribution in [1.82, 2.24) is 5.43 Å². The number of aryl methyl sites for hydroxylation is 2. The van der Waals surface area contributed by atoms with Crippen molar-refractivity contribution >= 4 is 23.7 Å². The molecule has 0 bridgehead atoms. The highest BCUT2D eigenvalue weighted by Gasteiger charge is 2.08. The lowest BCUT2D eigenvalue weighted by Gasteiger charge is -2.13. The van der Waals surface area contributed by atoms with Gasteiger partial charge in [-0.25, -0.2) is 5.43 Å². The number of carbonyl (C=O) groups excluding carboxylic acids is 1. The van der Waals surface area contributed by atoms with Crippen LogP contribution in [0.25, 0.3) is 0 Å². The highest BCUT2D eigenvalue weighted by Crippen LogP contribution is 2.25. The fraction of sp³-hybridized carbons (Fsp3) is 0.222. The van der Waals surface area contributed by atoms with Gasteiger partial charge in [0, 0.05) is 5.02 Å². The molecule has 0 aliphatic heterocycles. The molecule has 0 aliphatic carbocycles. The predicted octanol–water partition coefficient (Wildman–Crippen LogP) is 3.79. The van der Waals surface area contributed by atoms with Gasteiger partial charge >= 0.3 is 0 Å². The minimum Gasteiger partial charge on any atom is -0.483 e. The van der Waals surface area contributed by atoms with Crippen LogP contribution < -0.4 is 10.2 Å². The summed E-state index contributed by atoms with van der Waals surface area (Å²) in [5, 5.41) is 4.55. The number of benzene rings is 2. The number of hydrazone groups is 1. The fourth-order valence-corrected chi connectivity index (χ4v) is 2.17. The number of amides is 1. The van der Waals surface area contributed by atoms with E-state index in [0.29, 0.717) is 5.02 Å². The Bertz CT molecular complexity index is 725. The molecule has 2 aromatic carbocycles. The van der Waals surface area contributed by atoms with Gasteiger partial charge in [-0.3, -0.25) is 4.79 Å². The molecule has 1 N–H and O–H groups in total. The van der Waals surface area contributed by atoms with Crippen molar-refractivity contribution in [1.29, 1.82) is 0 Å². The number of halogens is 1. The Morgan fingerprint density at radius 1 is 1.13 bits per heavy atom. The van der Waals surface area contributed by atoms with Gasteiger partial charge in [0.2, 0.25) is 0 Å². The van der Waals surface area contributed by atoms with E-state index in [-0.39, 0.29) is 12.5 Å². The number of hydrogen-bond acceptors (Lipinski definition) is 3. The van der Waals surface area contributed by atoms with Crippen molar-refractivity contribution < 1.29 is 9.53 Å². The first kappa shape index (κ1) is 17.0. The minimum atomic E-state index is -0.310. The van der Waals surface area contributed by atoms with Crippen molar-refractivity contribution in [3.8, 4) is 5.75 Å². The standard InChI is InChI=1S/C18H19ClN2O2/c1-12-4-5-13(2)18(14(12)3)23-11-17(22)21-20-10-15-6-8-16(19)9-7-15/h4-10H,11H2,1-3H3,(H,21,22)/b20-10+. The number of hydrogen-bond donors (Lipinski definition) is 1. The van der Waals surface area contributed by atoms with Gasteiger partial charge in [-0.05, 0) is 55.2 Å². The predicted molar refractivity (Wildman–Crippen MR) is 93.3 cm³/mol. The molecule has 0 radical (unpaired) electrons. The average molecular weight is 331 g/mol. The van der Waals surface area contributed by atoms with Gasteiger partial charge in [-0.1, -0.05) is 35.9 Å². The van der Waals surface area contributed by atoms with E-state index in [1.54, 1.807) is 18.3 Å². The van der Waals surface area contributed by atoms with Crippen LogP contribution in [-0.4, -0.2) is 18.7 Å². The number of nitrogens with one attached hydrogen (secondary N) is 1. The summed E-state index contributed by atoms with van der Waals surface area (Å²) in [6.07, 6.45) is 1.55. The topological polar surface area (TPSA) is 50.7 Å². The van der Waals surface area contributed by atoms with Crippen molar-refractivity contribution in [2.24, 2.45) is 5.10 Å². The second kappa shape index (κ2) is 7.79. The van der Waals surface area contributed by atoms with Crippen LogP contribution in [0.2, 0.25) is 5.02 Å². The molecule has 0 saturated heterocycles. The van der Waals surface area contributed by atoms with Gasteiger partial charge < -0.3 is 4.74 Å². The first-order valence-electron chi connectivity index (χ1n) is 7.24. The van der Waals surface area contributed by atoms with E-state index < -0.39 is 0 Å². The molecule has 0 aromatic heterocycles. The molecule has 0 atom stereocenters. The largest absolute Gasteiger partial charge is 0.483 e. The van der Waals surface area contributed by atoms with E-state index in [0.717, 1.165) is 28.0 Å². The molecular formula is C18H19ClN2O2. The monoisotopic (exact) mass is 330 g/mol. The van der Waals surface area contributed by atoms with Gasteiger partial charge in [-0.2, -0.15) is 5.10 Å². The lowest BCUT2D eigenvalue weighted by Crippen LogP contribution is -2.25. The van der Waals surface area contributed by atoms with Crippen LogP contribution in [0.15, 0.2) is 41.5 Å². The number of rotatable bonds is 5. The van der Waals surface area contributed by atoms with E-state index in [1.165, 1.54) is 0 Å². The zero-order valence-electron chi connectivity index (χ0n) is 13.4. The number of carbonyl (C=O) groups is 1. The molecule has 2 aromatic rings. The summed E-state index contributed by atoms with van der Waals surface area (Å²) in [5.41, 5.74) is 6.47. The zero-order valence-corrected chi connectivity index (χ0v) is 14.1. The van der Waals surface area contributed by atoms with Crippen LogP contribution in [0.3, 0.4) is 0 Å². The summed E-state index contributed by atoms with van der Waals surface area (Å²) in [4.78, 5) is 11.8. The maximum atomic E-state index is 11.8. The van der Waals surface area contributed by atoms with Crippen molar-refractivity contribution in [3.05, 3.63) is 63.7 Å². The minimum absolute atomic E-state index is 0.0803. The maximum absolute atomic E-state index is 11.8. The number of ether oxygens (including phenoxy) is 1. The van der Waals surface area contributed by atoms with Gasteiger partial charge in [0.1, 0.15) is 5.75 Å². The highest BCUT2D eigenvalue weighted by molar-refractivity contribution is 6.30. The Morgan fingerprint density at radius 3 is 2.48 bits per heavy atom. The molecule has 2 rings (SSSR count). The highest BCUT2D eigenvalue weighted by atomic mass is 35.5. The quantitative estimate of drug-likeness (QED) is 0.669. The molecule has 1 amide bonds. The van der Waals surface area contributed by atoms with Gasteiger partial charge in [0.15, 0.2) is 6.61 Å². The first-order chi connectivity index (χ1) is 11.0. The Labute approximate surface area is 141 Å².